The van der Waals surface area contributed by atoms with Crippen LogP contribution in [0.2, 0.25) is 0 Å². The Balaban J connectivity index is 1.70. The van der Waals surface area contributed by atoms with E-state index in [-0.39, 0.29) is 24.4 Å². The molecule has 8 heteroatoms. The summed E-state index contributed by atoms with van der Waals surface area (Å²) in [7, 11) is 0. The summed E-state index contributed by atoms with van der Waals surface area (Å²) in [5.41, 5.74) is 1.66. The van der Waals surface area contributed by atoms with E-state index in [1.807, 2.05) is 42.7 Å². The standard InChI is InChI=1S/C21H30N4O4/c1-3-28-12-7-11-22-19(26)14-25-17-9-5-4-8-16(17)24-20(25)15(2)23-21(27)18-10-6-13-29-18/h4-5,8-9,15,18H,3,6-7,10-14H2,1-2H3,(H,22,26)(H,23,27). The van der Waals surface area contributed by atoms with Crippen molar-refractivity contribution in [3.63, 3.8) is 0 Å². The van der Waals surface area contributed by atoms with Gasteiger partial charge in [0.05, 0.1) is 17.1 Å². The average molecular weight is 402 g/mol. The number of ether oxygens (including phenoxy) is 2. The van der Waals surface area contributed by atoms with Crippen molar-refractivity contribution < 1.29 is 19.1 Å². The van der Waals surface area contributed by atoms with Crippen molar-refractivity contribution in [3.8, 4) is 0 Å². The number of aromatic nitrogens is 2. The van der Waals surface area contributed by atoms with Crippen LogP contribution in [0.5, 0.6) is 0 Å². The Morgan fingerprint density at radius 1 is 1.38 bits per heavy atom. The molecule has 0 spiro atoms. The molecule has 0 radical (unpaired) electrons. The number of nitrogens with zero attached hydrogens (tertiary/aromatic N) is 2. The minimum absolute atomic E-state index is 0.0939. The number of carbonyl (C=O) groups excluding carboxylic acids is 2. The molecule has 1 aliphatic rings. The molecule has 2 heterocycles. The van der Waals surface area contributed by atoms with Crippen LogP contribution < -0.4 is 10.6 Å². The molecule has 2 amide bonds. The highest BCUT2D eigenvalue weighted by atomic mass is 16.5. The number of para-hydroxylation sites is 2. The van der Waals surface area contributed by atoms with E-state index < -0.39 is 6.10 Å². The van der Waals surface area contributed by atoms with Gasteiger partial charge in [-0.1, -0.05) is 12.1 Å². The maximum atomic E-state index is 12.5. The second kappa shape index (κ2) is 10.4. The predicted molar refractivity (Wildman–Crippen MR) is 109 cm³/mol. The summed E-state index contributed by atoms with van der Waals surface area (Å²) in [5.74, 6) is 0.430. The number of carbonyl (C=O) groups is 2. The Bertz CT molecular complexity index is 829. The lowest BCUT2D eigenvalue weighted by Gasteiger charge is -2.18. The average Bonchev–Trinajstić information content (AvgIpc) is 3.37. The molecule has 0 bridgehead atoms. The van der Waals surface area contributed by atoms with E-state index in [0.717, 1.165) is 30.3 Å². The van der Waals surface area contributed by atoms with Gasteiger partial charge in [-0.2, -0.15) is 0 Å². The Kier molecular flexibility index (Phi) is 7.60. The molecule has 8 nitrogen and oxygen atoms in total. The summed E-state index contributed by atoms with van der Waals surface area (Å²) in [4.78, 5) is 29.6. The van der Waals surface area contributed by atoms with Gasteiger partial charge in [0.15, 0.2) is 0 Å². The zero-order valence-corrected chi connectivity index (χ0v) is 17.1. The summed E-state index contributed by atoms with van der Waals surface area (Å²) in [6.07, 6.45) is 2.00. The normalized spacial score (nSPS) is 17.4. The molecule has 0 saturated carbocycles. The van der Waals surface area contributed by atoms with Crippen LogP contribution in [0, 0.1) is 0 Å². The fourth-order valence-electron chi connectivity index (χ4n) is 3.49. The van der Waals surface area contributed by atoms with Crippen LogP contribution in [0.25, 0.3) is 11.0 Å². The van der Waals surface area contributed by atoms with Gasteiger partial charge in [0.1, 0.15) is 18.5 Å². The highest BCUT2D eigenvalue weighted by Crippen LogP contribution is 2.21. The molecule has 1 saturated heterocycles. The maximum absolute atomic E-state index is 12.5. The highest BCUT2D eigenvalue weighted by Gasteiger charge is 2.27. The van der Waals surface area contributed by atoms with Crippen LogP contribution in [0.4, 0.5) is 0 Å². The number of imidazole rings is 1. The Hall–Kier alpha value is -2.45. The first-order chi connectivity index (χ1) is 14.1. The molecule has 0 aliphatic carbocycles. The topological polar surface area (TPSA) is 94.5 Å². The summed E-state index contributed by atoms with van der Waals surface area (Å²) in [6.45, 7) is 6.45. The number of hydrogen-bond acceptors (Lipinski definition) is 5. The molecule has 29 heavy (non-hydrogen) atoms. The van der Waals surface area contributed by atoms with Gasteiger partial charge in [-0.25, -0.2) is 4.98 Å². The fourth-order valence-corrected chi connectivity index (χ4v) is 3.49. The van der Waals surface area contributed by atoms with Crippen molar-refractivity contribution >= 4 is 22.8 Å². The van der Waals surface area contributed by atoms with E-state index in [2.05, 4.69) is 15.6 Å². The van der Waals surface area contributed by atoms with Crippen LogP contribution in [0.15, 0.2) is 24.3 Å². The van der Waals surface area contributed by atoms with Gasteiger partial charge in [0.2, 0.25) is 11.8 Å². The van der Waals surface area contributed by atoms with Crippen LogP contribution in [0.3, 0.4) is 0 Å². The molecular formula is C21H30N4O4. The number of fused-ring (bicyclic) bond motifs is 1. The maximum Gasteiger partial charge on any atom is 0.249 e. The van der Waals surface area contributed by atoms with Gasteiger partial charge in [0, 0.05) is 26.4 Å². The molecule has 3 rings (SSSR count). The SMILES string of the molecule is CCOCCCNC(=O)Cn1c(C(C)NC(=O)C2CCCO2)nc2ccccc21. The first-order valence-corrected chi connectivity index (χ1v) is 10.3. The highest BCUT2D eigenvalue weighted by molar-refractivity contribution is 5.83. The van der Waals surface area contributed by atoms with E-state index in [1.165, 1.54) is 0 Å². The van der Waals surface area contributed by atoms with E-state index in [4.69, 9.17) is 9.47 Å². The summed E-state index contributed by atoms with van der Waals surface area (Å²) < 4.78 is 12.6. The lowest BCUT2D eigenvalue weighted by Crippen LogP contribution is -2.37. The molecule has 1 aliphatic heterocycles. The summed E-state index contributed by atoms with van der Waals surface area (Å²) >= 11 is 0. The van der Waals surface area contributed by atoms with Crippen molar-refractivity contribution in [2.75, 3.05) is 26.4 Å². The van der Waals surface area contributed by atoms with E-state index in [1.54, 1.807) is 0 Å². The third-order valence-corrected chi connectivity index (χ3v) is 4.95. The van der Waals surface area contributed by atoms with Gasteiger partial charge in [0.25, 0.3) is 0 Å². The van der Waals surface area contributed by atoms with Crippen LogP contribution in [-0.4, -0.2) is 53.8 Å². The molecule has 2 N–H and O–H groups in total. The van der Waals surface area contributed by atoms with Gasteiger partial charge < -0.3 is 24.7 Å². The summed E-state index contributed by atoms with van der Waals surface area (Å²) in [5, 5.41) is 5.90. The minimum atomic E-state index is -0.399. The number of hydrogen-bond donors (Lipinski definition) is 2. The first kappa shape index (κ1) is 21.3. The largest absolute Gasteiger partial charge is 0.382 e. The third-order valence-electron chi connectivity index (χ3n) is 4.95. The van der Waals surface area contributed by atoms with Crippen molar-refractivity contribution in [1.82, 2.24) is 20.2 Å². The third kappa shape index (κ3) is 5.55. The Labute approximate surface area is 171 Å². The van der Waals surface area contributed by atoms with Gasteiger partial charge in [-0.15, -0.1) is 0 Å². The molecule has 1 aromatic carbocycles. The van der Waals surface area contributed by atoms with Crippen molar-refractivity contribution in [2.45, 2.75) is 51.8 Å². The van der Waals surface area contributed by atoms with E-state index >= 15 is 0 Å². The zero-order valence-electron chi connectivity index (χ0n) is 17.1. The fraction of sp³-hybridized carbons (Fsp3) is 0.571. The van der Waals surface area contributed by atoms with E-state index in [9.17, 15) is 9.59 Å². The second-order valence-electron chi connectivity index (χ2n) is 7.18. The number of rotatable bonds is 10. The van der Waals surface area contributed by atoms with Crippen molar-refractivity contribution in [2.24, 2.45) is 0 Å². The van der Waals surface area contributed by atoms with Crippen molar-refractivity contribution in [3.05, 3.63) is 30.1 Å². The van der Waals surface area contributed by atoms with Gasteiger partial charge >= 0.3 is 0 Å². The minimum Gasteiger partial charge on any atom is -0.382 e. The van der Waals surface area contributed by atoms with Crippen LogP contribution >= 0.6 is 0 Å². The van der Waals surface area contributed by atoms with Crippen molar-refractivity contribution in [1.29, 1.82) is 0 Å². The molecule has 1 aromatic heterocycles. The lowest BCUT2D eigenvalue weighted by atomic mass is 10.2. The lowest BCUT2D eigenvalue weighted by molar-refractivity contribution is -0.130. The monoisotopic (exact) mass is 402 g/mol. The molecule has 158 valence electrons. The summed E-state index contributed by atoms with van der Waals surface area (Å²) in [6, 6.07) is 7.32. The van der Waals surface area contributed by atoms with Crippen LogP contribution in [0.1, 0.15) is 45.0 Å². The number of benzene rings is 1. The smallest absolute Gasteiger partial charge is 0.249 e. The first-order valence-electron chi connectivity index (χ1n) is 10.3. The predicted octanol–water partition coefficient (Wildman–Crippen LogP) is 1.94. The van der Waals surface area contributed by atoms with Gasteiger partial charge in [-0.3, -0.25) is 9.59 Å². The molecule has 2 unspecified atom stereocenters. The Morgan fingerprint density at radius 3 is 2.97 bits per heavy atom. The van der Waals surface area contributed by atoms with E-state index in [0.29, 0.717) is 32.2 Å². The molecule has 2 aromatic rings. The van der Waals surface area contributed by atoms with Gasteiger partial charge in [-0.05, 0) is 45.2 Å². The molecule has 1 fully saturated rings. The molecular weight excluding hydrogens is 372 g/mol. The van der Waals surface area contributed by atoms with Crippen LogP contribution in [-0.2, 0) is 25.6 Å². The second-order valence-corrected chi connectivity index (χ2v) is 7.18. The Morgan fingerprint density at radius 2 is 2.21 bits per heavy atom. The quantitative estimate of drug-likeness (QED) is 0.592. The molecule has 2 atom stereocenters. The number of nitrogens with one attached hydrogen (secondary N) is 2. The number of amides is 2. The zero-order chi connectivity index (χ0) is 20.6.